The van der Waals surface area contributed by atoms with E-state index in [0.717, 1.165) is 5.56 Å². The van der Waals surface area contributed by atoms with Crippen molar-refractivity contribution in [3.8, 4) is 5.75 Å². The molecule has 1 aliphatic rings. The Balaban J connectivity index is 1.81. The lowest BCUT2D eigenvalue weighted by molar-refractivity contribution is -0.118. The summed E-state index contributed by atoms with van der Waals surface area (Å²) in [6.45, 7) is 1.84. The molecule has 0 spiro atoms. The van der Waals surface area contributed by atoms with Crippen molar-refractivity contribution in [1.82, 2.24) is 5.32 Å². The number of benzene rings is 2. The smallest absolute Gasteiger partial charge is 0.262 e. The van der Waals surface area contributed by atoms with Gasteiger partial charge in [-0.1, -0.05) is 36.4 Å². The van der Waals surface area contributed by atoms with Crippen molar-refractivity contribution in [2.75, 3.05) is 11.9 Å². The Kier molecular flexibility index (Phi) is 3.78. The van der Waals surface area contributed by atoms with E-state index in [0.29, 0.717) is 17.0 Å². The second-order valence-electron chi connectivity index (χ2n) is 5.12. The molecule has 0 saturated heterocycles. The number of anilines is 1. The molecular formula is C17H16N2O3. The highest BCUT2D eigenvalue weighted by molar-refractivity contribution is 6.03. The van der Waals surface area contributed by atoms with Crippen LogP contribution < -0.4 is 15.4 Å². The van der Waals surface area contributed by atoms with Crippen molar-refractivity contribution in [1.29, 1.82) is 0 Å². The fourth-order valence-corrected chi connectivity index (χ4v) is 2.39. The van der Waals surface area contributed by atoms with Gasteiger partial charge in [-0.2, -0.15) is 0 Å². The standard InChI is InChI=1S/C17H16N2O3/c1-11(12-6-3-2-4-7-12)18-17(21)13-8-5-9-14-16(13)22-10-15(20)19-14/h2-9,11H,10H2,1H3,(H,18,21)(H,19,20). The zero-order chi connectivity index (χ0) is 15.5. The number of para-hydroxylation sites is 1. The van der Waals surface area contributed by atoms with E-state index >= 15 is 0 Å². The summed E-state index contributed by atoms with van der Waals surface area (Å²) >= 11 is 0. The van der Waals surface area contributed by atoms with Gasteiger partial charge in [-0.05, 0) is 24.6 Å². The predicted octanol–water partition coefficient (Wildman–Crippen LogP) is 2.51. The molecule has 0 aliphatic carbocycles. The van der Waals surface area contributed by atoms with Crippen LogP contribution in [0.3, 0.4) is 0 Å². The van der Waals surface area contributed by atoms with Gasteiger partial charge in [0, 0.05) is 0 Å². The summed E-state index contributed by atoms with van der Waals surface area (Å²) in [6, 6.07) is 14.7. The molecule has 2 aromatic rings. The summed E-state index contributed by atoms with van der Waals surface area (Å²) in [7, 11) is 0. The number of hydrogen-bond donors (Lipinski definition) is 2. The van der Waals surface area contributed by atoms with Crippen molar-refractivity contribution < 1.29 is 14.3 Å². The topological polar surface area (TPSA) is 67.4 Å². The van der Waals surface area contributed by atoms with Gasteiger partial charge in [0.05, 0.1) is 17.3 Å². The number of amides is 2. The molecule has 1 aliphatic heterocycles. The molecule has 0 fully saturated rings. The monoisotopic (exact) mass is 296 g/mol. The zero-order valence-corrected chi connectivity index (χ0v) is 12.1. The number of carbonyl (C=O) groups excluding carboxylic acids is 2. The molecule has 0 radical (unpaired) electrons. The molecule has 3 rings (SSSR count). The van der Waals surface area contributed by atoms with Crippen molar-refractivity contribution >= 4 is 17.5 Å². The second-order valence-corrected chi connectivity index (χ2v) is 5.12. The maximum absolute atomic E-state index is 12.5. The molecule has 2 aromatic carbocycles. The molecule has 2 amide bonds. The number of rotatable bonds is 3. The van der Waals surface area contributed by atoms with E-state index in [1.54, 1.807) is 18.2 Å². The van der Waals surface area contributed by atoms with Crippen LogP contribution in [0, 0.1) is 0 Å². The first-order valence-corrected chi connectivity index (χ1v) is 7.06. The largest absolute Gasteiger partial charge is 0.481 e. The third-order valence-corrected chi connectivity index (χ3v) is 3.53. The van der Waals surface area contributed by atoms with Crippen LogP contribution in [0.1, 0.15) is 28.9 Å². The van der Waals surface area contributed by atoms with E-state index in [4.69, 9.17) is 4.74 Å². The van der Waals surface area contributed by atoms with Crippen LogP contribution in [0.2, 0.25) is 0 Å². The van der Waals surface area contributed by atoms with Gasteiger partial charge in [-0.25, -0.2) is 0 Å². The Morgan fingerprint density at radius 3 is 2.73 bits per heavy atom. The molecular weight excluding hydrogens is 280 g/mol. The Bertz CT molecular complexity index is 713. The average Bonchev–Trinajstić information content (AvgIpc) is 2.54. The maximum atomic E-state index is 12.5. The summed E-state index contributed by atoms with van der Waals surface area (Å²) in [5.74, 6) is -0.0353. The summed E-state index contributed by atoms with van der Waals surface area (Å²) in [5.41, 5.74) is 1.96. The van der Waals surface area contributed by atoms with Gasteiger partial charge in [-0.15, -0.1) is 0 Å². The Morgan fingerprint density at radius 2 is 1.95 bits per heavy atom. The summed E-state index contributed by atoms with van der Waals surface area (Å²) in [6.07, 6.45) is 0. The lowest BCUT2D eigenvalue weighted by Gasteiger charge is -2.21. The fourth-order valence-electron chi connectivity index (χ4n) is 2.39. The average molecular weight is 296 g/mol. The van der Waals surface area contributed by atoms with Crippen molar-refractivity contribution in [3.63, 3.8) is 0 Å². The second kappa shape index (κ2) is 5.89. The third-order valence-electron chi connectivity index (χ3n) is 3.53. The van der Waals surface area contributed by atoms with Gasteiger partial charge in [0.1, 0.15) is 0 Å². The van der Waals surface area contributed by atoms with E-state index < -0.39 is 0 Å². The summed E-state index contributed by atoms with van der Waals surface area (Å²) < 4.78 is 5.40. The first-order valence-electron chi connectivity index (χ1n) is 7.06. The Labute approximate surface area is 128 Å². The molecule has 0 bridgehead atoms. The Morgan fingerprint density at radius 1 is 1.18 bits per heavy atom. The van der Waals surface area contributed by atoms with E-state index in [2.05, 4.69) is 10.6 Å². The zero-order valence-electron chi connectivity index (χ0n) is 12.1. The van der Waals surface area contributed by atoms with Gasteiger partial charge in [-0.3, -0.25) is 9.59 Å². The van der Waals surface area contributed by atoms with Crippen LogP contribution in [0.4, 0.5) is 5.69 Å². The molecule has 1 heterocycles. The van der Waals surface area contributed by atoms with Crippen LogP contribution in [0.5, 0.6) is 5.75 Å². The molecule has 5 heteroatoms. The fraction of sp³-hybridized carbons (Fsp3) is 0.176. The molecule has 1 atom stereocenters. The van der Waals surface area contributed by atoms with E-state index in [-0.39, 0.29) is 24.5 Å². The summed E-state index contributed by atoms with van der Waals surface area (Å²) in [4.78, 5) is 23.8. The molecule has 0 saturated carbocycles. The van der Waals surface area contributed by atoms with Gasteiger partial charge < -0.3 is 15.4 Å². The Hall–Kier alpha value is -2.82. The molecule has 1 unspecified atom stereocenters. The lowest BCUT2D eigenvalue weighted by atomic mass is 10.1. The van der Waals surface area contributed by atoms with E-state index in [9.17, 15) is 9.59 Å². The quantitative estimate of drug-likeness (QED) is 0.914. The summed E-state index contributed by atoms with van der Waals surface area (Å²) in [5, 5.41) is 5.64. The molecule has 112 valence electrons. The SMILES string of the molecule is CC(NC(=O)c1cccc2c1OCC(=O)N2)c1ccccc1. The highest BCUT2D eigenvalue weighted by Gasteiger charge is 2.23. The molecule has 0 aromatic heterocycles. The number of fused-ring (bicyclic) bond motifs is 1. The molecule has 22 heavy (non-hydrogen) atoms. The van der Waals surface area contributed by atoms with Crippen molar-refractivity contribution in [2.24, 2.45) is 0 Å². The number of hydrogen-bond acceptors (Lipinski definition) is 3. The van der Waals surface area contributed by atoms with Crippen LogP contribution in [-0.4, -0.2) is 18.4 Å². The van der Waals surface area contributed by atoms with Crippen LogP contribution in [0.25, 0.3) is 0 Å². The highest BCUT2D eigenvalue weighted by Crippen LogP contribution is 2.31. The van der Waals surface area contributed by atoms with Crippen LogP contribution >= 0.6 is 0 Å². The number of carbonyl (C=O) groups is 2. The first kappa shape index (κ1) is 14.1. The minimum absolute atomic E-state index is 0.0778. The van der Waals surface area contributed by atoms with Gasteiger partial charge >= 0.3 is 0 Å². The maximum Gasteiger partial charge on any atom is 0.262 e. The van der Waals surface area contributed by atoms with Crippen molar-refractivity contribution in [2.45, 2.75) is 13.0 Å². The van der Waals surface area contributed by atoms with Crippen LogP contribution in [0.15, 0.2) is 48.5 Å². The van der Waals surface area contributed by atoms with Gasteiger partial charge in [0.15, 0.2) is 12.4 Å². The minimum Gasteiger partial charge on any atom is -0.481 e. The number of ether oxygens (including phenoxy) is 1. The van der Waals surface area contributed by atoms with Crippen LogP contribution in [-0.2, 0) is 4.79 Å². The van der Waals surface area contributed by atoms with Crippen molar-refractivity contribution in [3.05, 3.63) is 59.7 Å². The predicted molar refractivity (Wildman–Crippen MR) is 82.9 cm³/mol. The van der Waals surface area contributed by atoms with E-state index in [1.165, 1.54) is 0 Å². The molecule has 5 nitrogen and oxygen atoms in total. The highest BCUT2D eigenvalue weighted by atomic mass is 16.5. The first-order chi connectivity index (χ1) is 10.6. The number of nitrogens with one attached hydrogen (secondary N) is 2. The lowest BCUT2D eigenvalue weighted by Crippen LogP contribution is -2.30. The third kappa shape index (κ3) is 2.79. The van der Waals surface area contributed by atoms with Gasteiger partial charge in [0.2, 0.25) is 0 Å². The van der Waals surface area contributed by atoms with Gasteiger partial charge in [0.25, 0.3) is 11.8 Å². The normalized spacial score (nSPS) is 14.3. The minimum atomic E-state index is -0.232. The molecule has 2 N–H and O–H groups in total. The van der Waals surface area contributed by atoms with E-state index in [1.807, 2.05) is 37.3 Å².